The van der Waals surface area contributed by atoms with Crippen LogP contribution in [0.15, 0.2) is 0 Å². The van der Waals surface area contributed by atoms with Crippen LogP contribution < -0.4 is 6.15 Å². The number of hydrogen-bond donors (Lipinski definition) is 1. The molecule has 0 bridgehead atoms. The predicted molar refractivity (Wildman–Crippen MR) is 64.4 cm³/mol. The van der Waals surface area contributed by atoms with Crippen LogP contribution >= 0.6 is 0 Å². The molecule has 3 N–H and O–H groups in total. The van der Waals surface area contributed by atoms with Gasteiger partial charge in [0.25, 0.3) is 0 Å². The number of likely N-dealkylation sites (tertiary alicyclic amines) is 1. The van der Waals surface area contributed by atoms with Crippen molar-refractivity contribution in [3.8, 4) is 0 Å². The number of rotatable bonds is 1. The van der Waals surface area contributed by atoms with Gasteiger partial charge in [0, 0.05) is 19.1 Å². The third-order valence-electron chi connectivity index (χ3n) is 3.72. The van der Waals surface area contributed by atoms with Crippen LogP contribution in [-0.2, 0) is 0 Å². The maximum atomic E-state index is 9.67. The SMILES string of the molecule is CC(C)N1CC2(CCCCC2)C1.FC(F)F.N. The Morgan fingerprint density at radius 2 is 1.35 bits per heavy atom. The molecule has 0 aromatic carbocycles. The molecule has 0 atom stereocenters. The Labute approximate surface area is 102 Å². The highest BCUT2D eigenvalue weighted by atomic mass is 19.4. The van der Waals surface area contributed by atoms with Gasteiger partial charge >= 0.3 is 6.68 Å². The summed E-state index contributed by atoms with van der Waals surface area (Å²) < 4.78 is 29.0. The van der Waals surface area contributed by atoms with E-state index in [-0.39, 0.29) is 6.15 Å². The van der Waals surface area contributed by atoms with Crippen molar-refractivity contribution in [3.63, 3.8) is 0 Å². The molecule has 1 aliphatic heterocycles. The van der Waals surface area contributed by atoms with Crippen molar-refractivity contribution in [2.45, 2.75) is 58.7 Å². The van der Waals surface area contributed by atoms with Crippen LogP contribution in [0.5, 0.6) is 0 Å². The van der Waals surface area contributed by atoms with Crippen molar-refractivity contribution < 1.29 is 13.2 Å². The largest absolute Gasteiger partial charge is 0.379 e. The lowest BCUT2D eigenvalue weighted by atomic mass is 9.68. The second-order valence-corrected chi connectivity index (χ2v) is 5.31. The quantitative estimate of drug-likeness (QED) is 0.768. The van der Waals surface area contributed by atoms with Gasteiger partial charge in [-0.1, -0.05) is 19.3 Å². The van der Waals surface area contributed by atoms with Gasteiger partial charge in [-0.15, -0.1) is 0 Å². The van der Waals surface area contributed by atoms with Gasteiger partial charge in [-0.25, -0.2) is 0 Å². The Kier molecular flexibility index (Phi) is 7.09. The van der Waals surface area contributed by atoms with Crippen molar-refractivity contribution >= 4 is 0 Å². The average Bonchev–Trinajstić information content (AvgIpc) is 2.14. The molecule has 5 heteroatoms. The number of alkyl halides is 3. The molecule has 1 spiro atoms. The molecule has 2 nitrogen and oxygen atoms in total. The molecular formula is C12H25F3N2. The first-order chi connectivity index (χ1) is 7.45. The fourth-order valence-corrected chi connectivity index (χ4v) is 2.80. The molecule has 1 saturated heterocycles. The summed E-state index contributed by atoms with van der Waals surface area (Å²) >= 11 is 0. The summed E-state index contributed by atoms with van der Waals surface area (Å²) in [6.07, 6.45) is 7.49. The third kappa shape index (κ3) is 5.25. The van der Waals surface area contributed by atoms with E-state index in [2.05, 4.69) is 18.7 Å². The molecule has 1 heterocycles. The minimum atomic E-state index is -3.67. The maximum absolute atomic E-state index is 9.67. The minimum absolute atomic E-state index is 0. The fraction of sp³-hybridized carbons (Fsp3) is 1.00. The van der Waals surface area contributed by atoms with E-state index in [9.17, 15) is 13.2 Å². The molecule has 2 fully saturated rings. The first-order valence-electron chi connectivity index (χ1n) is 6.11. The van der Waals surface area contributed by atoms with E-state index in [4.69, 9.17) is 0 Å². The van der Waals surface area contributed by atoms with Crippen LogP contribution in [0.2, 0.25) is 0 Å². The summed E-state index contributed by atoms with van der Waals surface area (Å²) in [6, 6.07) is 0.776. The van der Waals surface area contributed by atoms with Crippen molar-refractivity contribution in [2.24, 2.45) is 5.41 Å². The van der Waals surface area contributed by atoms with E-state index in [1.807, 2.05) is 0 Å². The monoisotopic (exact) mass is 254 g/mol. The predicted octanol–water partition coefficient (Wildman–Crippen LogP) is 4.00. The molecule has 0 aromatic heterocycles. The molecule has 1 saturated carbocycles. The van der Waals surface area contributed by atoms with Gasteiger partial charge in [-0.2, -0.15) is 13.2 Å². The summed E-state index contributed by atoms with van der Waals surface area (Å²) in [5.74, 6) is 0. The third-order valence-corrected chi connectivity index (χ3v) is 3.72. The standard InChI is InChI=1S/C11H21N.CHF3.H3N/c1-10(2)12-8-11(9-12)6-4-3-5-7-11;2-1(3)4;/h10H,3-9H2,1-2H3;1H;1H3. The van der Waals surface area contributed by atoms with Crippen molar-refractivity contribution in [1.82, 2.24) is 11.1 Å². The molecule has 1 aliphatic carbocycles. The number of hydrogen-bond acceptors (Lipinski definition) is 2. The Morgan fingerprint density at radius 3 is 1.71 bits per heavy atom. The molecule has 0 radical (unpaired) electrons. The molecule has 17 heavy (non-hydrogen) atoms. The molecule has 0 aromatic rings. The first kappa shape index (κ1) is 16.7. The molecule has 2 rings (SSSR count). The van der Waals surface area contributed by atoms with Gasteiger partial charge < -0.3 is 6.15 Å². The lowest BCUT2D eigenvalue weighted by Gasteiger charge is -2.54. The van der Waals surface area contributed by atoms with Gasteiger partial charge in [0.15, 0.2) is 0 Å². The Bertz CT molecular complexity index is 193. The molecule has 0 unspecified atom stereocenters. The highest BCUT2D eigenvalue weighted by Crippen LogP contribution is 2.44. The van der Waals surface area contributed by atoms with Gasteiger partial charge in [-0.3, -0.25) is 4.90 Å². The van der Waals surface area contributed by atoms with Crippen molar-refractivity contribution in [3.05, 3.63) is 0 Å². The summed E-state index contributed by atoms with van der Waals surface area (Å²) in [5.41, 5.74) is 0.780. The van der Waals surface area contributed by atoms with Crippen LogP contribution in [-0.4, -0.2) is 30.7 Å². The maximum Gasteiger partial charge on any atom is 0.379 e. The van der Waals surface area contributed by atoms with Crippen molar-refractivity contribution in [1.29, 1.82) is 0 Å². The summed E-state index contributed by atoms with van der Waals surface area (Å²) in [5, 5.41) is 0. The Morgan fingerprint density at radius 1 is 0.941 bits per heavy atom. The van der Waals surface area contributed by atoms with Crippen molar-refractivity contribution in [2.75, 3.05) is 13.1 Å². The second kappa shape index (κ2) is 7.21. The zero-order valence-electron chi connectivity index (χ0n) is 10.9. The number of halogens is 3. The van der Waals surface area contributed by atoms with E-state index >= 15 is 0 Å². The van der Waals surface area contributed by atoms with Crippen LogP contribution in [0.1, 0.15) is 46.0 Å². The summed E-state index contributed by atoms with van der Waals surface area (Å²) in [6.45, 7) is 3.75. The van der Waals surface area contributed by atoms with Gasteiger partial charge in [0.05, 0.1) is 0 Å². The zero-order chi connectivity index (χ0) is 12.2. The molecular weight excluding hydrogens is 229 g/mol. The van der Waals surface area contributed by atoms with E-state index in [0.717, 1.165) is 11.5 Å². The molecule has 2 aliphatic rings. The van der Waals surface area contributed by atoms with E-state index in [1.165, 1.54) is 45.2 Å². The lowest BCUT2D eigenvalue weighted by Crippen LogP contribution is -2.59. The van der Waals surface area contributed by atoms with Gasteiger partial charge in [0.2, 0.25) is 0 Å². The lowest BCUT2D eigenvalue weighted by molar-refractivity contribution is -0.0465. The van der Waals surface area contributed by atoms with E-state index in [0.29, 0.717) is 0 Å². The topological polar surface area (TPSA) is 38.2 Å². The minimum Gasteiger partial charge on any atom is -0.344 e. The number of nitrogens with zero attached hydrogens (tertiary/aromatic N) is 1. The summed E-state index contributed by atoms with van der Waals surface area (Å²) in [4.78, 5) is 2.62. The van der Waals surface area contributed by atoms with Crippen LogP contribution in [0.3, 0.4) is 0 Å². The molecule has 0 amide bonds. The zero-order valence-corrected chi connectivity index (χ0v) is 10.9. The fourth-order valence-electron chi connectivity index (χ4n) is 2.80. The highest BCUT2D eigenvalue weighted by molar-refractivity contribution is 4.97. The first-order valence-corrected chi connectivity index (χ1v) is 6.11. The van der Waals surface area contributed by atoms with Crippen LogP contribution in [0.4, 0.5) is 13.2 Å². The van der Waals surface area contributed by atoms with E-state index < -0.39 is 6.68 Å². The smallest absolute Gasteiger partial charge is 0.344 e. The Hall–Kier alpha value is -0.290. The van der Waals surface area contributed by atoms with Crippen LogP contribution in [0, 0.1) is 5.41 Å². The average molecular weight is 254 g/mol. The molecule has 104 valence electrons. The highest BCUT2D eigenvalue weighted by Gasteiger charge is 2.43. The summed E-state index contributed by atoms with van der Waals surface area (Å²) in [7, 11) is 0. The second-order valence-electron chi connectivity index (χ2n) is 5.31. The van der Waals surface area contributed by atoms with Gasteiger partial charge in [0.1, 0.15) is 0 Å². The van der Waals surface area contributed by atoms with E-state index in [1.54, 1.807) is 0 Å². The van der Waals surface area contributed by atoms with Crippen LogP contribution in [0.25, 0.3) is 0 Å². The Balaban J connectivity index is 0.000000453. The van der Waals surface area contributed by atoms with Gasteiger partial charge in [-0.05, 0) is 32.1 Å². The normalized spacial score (nSPS) is 22.8.